The number of hydrogen-bond acceptors (Lipinski definition) is 10. The number of amides is 3. The Morgan fingerprint density at radius 3 is 2.25 bits per heavy atom. The van der Waals surface area contributed by atoms with Gasteiger partial charge >= 0.3 is 6.09 Å². The van der Waals surface area contributed by atoms with Gasteiger partial charge in [-0.1, -0.05) is 55.1 Å². The number of benzene rings is 3. The van der Waals surface area contributed by atoms with Crippen LogP contribution in [-0.2, 0) is 19.6 Å². The molecule has 0 bridgehead atoms. The molecule has 3 aromatic carbocycles. The summed E-state index contributed by atoms with van der Waals surface area (Å²) >= 11 is 0. The number of anilines is 1. The first-order valence-electron chi connectivity index (χ1n) is 16.2. The van der Waals surface area contributed by atoms with Crippen LogP contribution in [0.1, 0.15) is 61.1 Å². The quantitative estimate of drug-likeness (QED) is 0.0871. The third-order valence-electron chi connectivity index (χ3n) is 7.13. The maximum atomic E-state index is 13.7. The van der Waals surface area contributed by atoms with Crippen molar-refractivity contribution in [1.29, 1.82) is 0 Å². The van der Waals surface area contributed by atoms with Gasteiger partial charge in [0.25, 0.3) is 11.8 Å². The fourth-order valence-electron chi connectivity index (χ4n) is 4.70. The lowest BCUT2D eigenvalue weighted by Crippen LogP contribution is -2.40. The highest BCUT2D eigenvalue weighted by molar-refractivity contribution is 7.90. The Kier molecular flexibility index (Phi) is 12.9. The smallest absolute Gasteiger partial charge is 0.408 e. The molecule has 272 valence electrons. The van der Waals surface area contributed by atoms with Gasteiger partial charge in [0.05, 0.1) is 18.9 Å². The zero-order valence-corrected chi connectivity index (χ0v) is 30.2. The highest BCUT2D eigenvalue weighted by Crippen LogP contribution is 2.31. The van der Waals surface area contributed by atoms with Gasteiger partial charge in [-0.2, -0.15) is 9.97 Å². The SMILES string of the molecule is C=CCCCS(=O)(=O)NC(=O)c1ccc(NC(=O)C(NC(=O)OC(C)(C)C)c2ccc(Oc3cc(OC)nc(-c4ccccc4)n3)c(C=C)c2)cc1. The van der Waals surface area contributed by atoms with Crippen molar-refractivity contribution in [2.45, 2.75) is 45.3 Å². The Morgan fingerprint density at radius 1 is 0.923 bits per heavy atom. The zero-order valence-electron chi connectivity index (χ0n) is 29.3. The van der Waals surface area contributed by atoms with Gasteiger partial charge in [-0.15, -0.1) is 6.58 Å². The van der Waals surface area contributed by atoms with Crippen LogP contribution in [0.4, 0.5) is 10.5 Å². The zero-order chi connectivity index (χ0) is 37.9. The fourth-order valence-corrected chi connectivity index (χ4v) is 5.75. The number of carbonyl (C=O) groups is 3. The third kappa shape index (κ3) is 11.3. The molecule has 3 N–H and O–H groups in total. The molecule has 0 spiro atoms. The summed E-state index contributed by atoms with van der Waals surface area (Å²) in [4.78, 5) is 48.2. The van der Waals surface area contributed by atoms with E-state index < -0.39 is 39.6 Å². The van der Waals surface area contributed by atoms with E-state index in [2.05, 4.69) is 33.8 Å². The van der Waals surface area contributed by atoms with Crippen LogP contribution in [0.25, 0.3) is 17.5 Å². The molecule has 0 aliphatic rings. The van der Waals surface area contributed by atoms with Gasteiger partial charge in [0.1, 0.15) is 17.4 Å². The number of carbonyl (C=O) groups excluding carboxylic acids is 3. The summed E-state index contributed by atoms with van der Waals surface area (Å²) in [5.74, 6) is -0.436. The molecule has 13 nitrogen and oxygen atoms in total. The monoisotopic (exact) mass is 727 g/mol. The lowest BCUT2D eigenvalue weighted by atomic mass is 10.0. The van der Waals surface area contributed by atoms with Gasteiger partial charge < -0.3 is 24.8 Å². The van der Waals surface area contributed by atoms with Crippen molar-refractivity contribution < 1.29 is 37.0 Å². The predicted octanol–water partition coefficient (Wildman–Crippen LogP) is 6.82. The Hall–Kier alpha value is -6.02. The highest BCUT2D eigenvalue weighted by Gasteiger charge is 2.27. The molecular formula is C38H41N5O8S. The first-order valence-corrected chi connectivity index (χ1v) is 17.8. The van der Waals surface area contributed by atoms with Crippen LogP contribution in [0, 0.1) is 0 Å². The van der Waals surface area contributed by atoms with Crippen molar-refractivity contribution in [3.63, 3.8) is 0 Å². The molecule has 1 atom stereocenters. The largest absolute Gasteiger partial charge is 0.481 e. The van der Waals surface area contributed by atoms with Gasteiger partial charge in [0.2, 0.25) is 21.8 Å². The summed E-state index contributed by atoms with van der Waals surface area (Å²) in [5.41, 5.74) is 1.11. The van der Waals surface area contributed by atoms with Crippen molar-refractivity contribution in [2.75, 3.05) is 18.2 Å². The first kappa shape index (κ1) is 38.8. The summed E-state index contributed by atoms with van der Waals surface area (Å²) in [6.45, 7) is 12.5. The Bertz CT molecular complexity index is 2030. The number of alkyl carbamates (subject to hydrolysis) is 1. The number of rotatable bonds is 15. The minimum Gasteiger partial charge on any atom is -0.481 e. The maximum absolute atomic E-state index is 13.7. The second kappa shape index (κ2) is 17.3. The second-order valence-corrected chi connectivity index (χ2v) is 14.2. The van der Waals surface area contributed by atoms with Crippen molar-refractivity contribution in [3.8, 4) is 28.9 Å². The molecule has 0 saturated heterocycles. The summed E-state index contributed by atoms with van der Waals surface area (Å²) in [7, 11) is -2.35. The van der Waals surface area contributed by atoms with E-state index in [1.165, 1.54) is 43.5 Å². The van der Waals surface area contributed by atoms with E-state index in [4.69, 9.17) is 14.2 Å². The molecule has 0 saturated carbocycles. The Balaban J connectivity index is 1.58. The number of sulfonamides is 1. The lowest BCUT2D eigenvalue weighted by molar-refractivity contribution is -0.118. The third-order valence-corrected chi connectivity index (χ3v) is 8.45. The van der Waals surface area contributed by atoms with Gasteiger partial charge in [-0.3, -0.25) is 9.59 Å². The number of methoxy groups -OCH3 is 1. The number of unbranched alkanes of at least 4 members (excludes halogenated alkanes) is 1. The molecule has 1 aromatic heterocycles. The number of ether oxygens (including phenoxy) is 3. The first-order chi connectivity index (χ1) is 24.7. The van der Waals surface area contributed by atoms with Gasteiger partial charge in [0.15, 0.2) is 5.82 Å². The fraction of sp³-hybridized carbons (Fsp3) is 0.237. The van der Waals surface area contributed by atoms with Crippen LogP contribution in [0.15, 0.2) is 98.1 Å². The lowest BCUT2D eigenvalue weighted by Gasteiger charge is -2.24. The number of hydrogen-bond donors (Lipinski definition) is 3. The van der Waals surface area contributed by atoms with Crippen molar-refractivity contribution in [2.24, 2.45) is 0 Å². The summed E-state index contributed by atoms with van der Waals surface area (Å²) < 4.78 is 43.5. The predicted molar refractivity (Wildman–Crippen MR) is 198 cm³/mol. The van der Waals surface area contributed by atoms with E-state index >= 15 is 0 Å². The second-order valence-electron chi connectivity index (χ2n) is 12.4. The van der Waals surface area contributed by atoms with Gasteiger partial charge in [-0.25, -0.2) is 17.9 Å². The molecule has 52 heavy (non-hydrogen) atoms. The summed E-state index contributed by atoms with van der Waals surface area (Å²) in [6.07, 6.45) is 3.11. The van der Waals surface area contributed by atoms with Crippen LogP contribution >= 0.6 is 0 Å². The molecular weight excluding hydrogens is 687 g/mol. The molecule has 0 aliphatic heterocycles. The molecule has 3 amide bonds. The van der Waals surface area contributed by atoms with E-state index in [0.717, 1.165) is 5.56 Å². The highest BCUT2D eigenvalue weighted by atomic mass is 32.2. The number of aromatic nitrogens is 2. The Morgan fingerprint density at radius 2 is 1.62 bits per heavy atom. The van der Waals surface area contributed by atoms with Crippen LogP contribution < -0.4 is 24.8 Å². The van der Waals surface area contributed by atoms with Gasteiger partial charge in [-0.05, 0) is 75.6 Å². The van der Waals surface area contributed by atoms with E-state index in [1.807, 2.05) is 35.1 Å². The molecule has 1 unspecified atom stereocenters. The number of allylic oxidation sites excluding steroid dienone is 1. The normalized spacial score (nSPS) is 11.8. The van der Waals surface area contributed by atoms with E-state index in [9.17, 15) is 22.8 Å². The minimum absolute atomic E-state index is 0.0668. The number of nitrogens with one attached hydrogen (secondary N) is 3. The maximum Gasteiger partial charge on any atom is 0.408 e. The average molecular weight is 728 g/mol. The van der Waals surface area contributed by atoms with E-state index in [0.29, 0.717) is 35.5 Å². The van der Waals surface area contributed by atoms with Crippen molar-refractivity contribution >= 4 is 39.7 Å². The van der Waals surface area contributed by atoms with Crippen molar-refractivity contribution in [1.82, 2.24) is 20.0 Å². The van der Waals surface area contributed by atoms with Gasteiger partial charge in [0, 0.05) is 22.4 Å². The molecule has 0 fully saturated rings. The van der Waals surface area contributed by atoms with Crippen LogP contribution in [0.3, 0.4) is 0 Å². The van der Waals surface area contributed by atoms with E-state index in [-0.39, 0.29) is 28.8 Å². The topological polar surface area (TPSA) is 175 Å². The molecule has 4 rings (SSSR count). The Labute approximate surface area is 303 Å². The van der Waals surface area contributed by atoms with Crippen LogP contribution in [0.2, 0.25) is 0 Å². The summed E-state index contributed by atoms with van der Waals surface area (Å²) in [5, 5.41) is 5.35. The molecule has 14 heteroatoms. The molecule has 0 aliphatic carbocycles. The average Bonchev–Trinajstić information content (AvgIpc) is 3.10. The number of nitrogens with zero attached hydrogens (tertiary/aromatic N) is 2. The standard InChI is InChI=1S/C38H41N5O8S/c1-7-9-13-22-52(47,48)43-35(44)27-16-19-29(20-17-27)39-36(45)33(42-37(46)51-38(3,4)5)28-18-21-30(25(8-2)23-28)50-32-24-31(49-6)40-34(41-32)26-14-11-10-12-15-26/h7-8,10-12,14-21,23-24,33H,1-2,9,13,22H2,3-6H3,(H,39,45)(H,42,46)(H,43,44). The molecule has 0 radical (unpaired) electrons. The molecule has 4 aromatic rings. The van der Waals surface area contributed by atoms with Crippen molar-refractivity contribution in [3.05, 3.63) is 115 Å². The minimum atomic E-state index is -3.84. The van der Waals surface area contributed by atoms with Crippen LogP contribution in [-0.4, -0.2) is 54.8 Å². The molecule has 1 heterocycles. The van der Waals surface area contributed by atoms with E-state index in [1.54, 1.807) is 45.0 Å². The summed E-state index contributed by atoms with van der Waals surface area (Å²) in [6, 6.07) is 20.1. The van der Waals surface area contributed by atoms with Crippen LogP contribution in [0.5, 0.6) is 17.5 Å².